The number of nitrogens with zero attached hydrogens (tertiary/aromatic N) is 1. The van der Waals surface area contributed by atoms with E-state index in [1.807, 2.05) is 0 Å². The summed E-state index contributed by atoms with van der Waals surface area (Å²) < 4.78 is 17.8. The van der Waals surface area contributed by atoms with E-state index >= 15 is 0 Å². The van der Waals surface area contributed by atoms with E-state index in [2.05, 4.69) is 31.0 Å². The van der Waals surface area contributed by atoms with E-state index in [1.54, 1.807) is 0 Å². The smallest absolute Gasteiger partial charge is 0.102 e. The highest BCUT2D eigenvalue weighted by Crippen LogP contribution is 2.06. The zero-order valence-electron chi connectivity index (χ0n) is 10.1. The Bertz CT molecular complexity index is 180. The van der Waals surface area contributed by atoms with E-state index in [1.165, 1.54) is 0 Å². The van der Waals surface area contributed by atoms with Gasteiger partial charge in [-0.2, -0.15) is 0 Å². The normalized spacial score (nSPS) is 24.4. The Hall–Kier alpha value is -0.190. The van der Waals surface area contributed by atoms with Crippen LogP contribution in [0.3, 0.4) is 0 Å². The van der Waals surface area contributed by atoms with E-state index in [0.717, 1.165) is 26.2 Å². The highest BCUT2D eigenvalue weighted by molar-refractivity contribution is 4.78. The van der Waals surface area contributed by atoms with Crippen molar-refractivity contribution in [3.05, 3.63) is 0 Å². The van der Waals surface area contributed by atoms with Gasteiger partial charge >= 0.3 is 0 Å². The number of alkyl halides is 1. The summed E-state index contributed by atoms with van der Waals surface area (Å²) >= 11 is 0. The molecule has 15 heavy (non-hydrogen) atoms. The van der Waals surface area contributed by atoms with Gasteiger partial charge in [0.1, 0.15) is 6.67 Å². The molecule has 1 rings (SSSR count). The molecule has 0 aromatic carbocycles. The van der Waals surface area contributed by atoms with Gasteiger partial charge in [-0.25, -0.2) is 4.39 Å². The molecule has 1 aliphatic heterocycles. The molecule has 90 valence electrons. The van der Waals surface area contributed by atoms with Crippen LogP contribution in [0.2, 0.25) is 0 Å². The maximum absolute atomic E-state index is 12.2. The molecule has 1 saturated heterocycles. The highest BCUT2D eigenvalue weighted by Gasteiger charge is 2.21. The molecular formula is C11H23FN2O. The summed E-state index contributed by atoms with van der Waals surface area (Å²) in [5.74, 6) is 0. The first-order chi connectivity index (χ1) is 7.01. The molecule has 0 spiro atoms. The van der Waals surface area contributed by atoms with Crippen LogP contribution in [0.1, 0.15) is 20.8 Å². The van der Waals surface area contributed by atoms with Gasteiger partial charge in [-0.3, -0.25) is 4.90 Å². The summed E-state index contributed by atoms with van der Waals surface area (Å²) in [7, 11) is 0. The van der Waals surface area contributed by atoms with Crippen molar-refractivity contribution in [2.45, 2.75) is 32.4 Å². The van der Waals surface area contributed by atoms with Gasteiger partial charge < -0.3 is 10.1 Å². The second-order valence-electron chi connectivity index (χ2n) is 5.11. The number of rotatable bonds is 4. The molecule has 3 nitrogen and oxygen atoms in total. The number of ether oxygens (including phenoxy) is 1. The second kappa shape index (κ2) is 5.77. The molecule has 0 bridgehead atoms. The Kier molecular flexibility index (Phi) is 4.96. The average molecular weight is 218 g/mol. The first kappa shape index (κ1) is 12.9. The molecule has 0 aliphatic carbocycles. The molecule has 4 heteroatoms. The van der Waals surface area contributed by atoms with E-state index in [4.69, 9.17) is 4.74 Å². The van der Waals surface area contributed by atoms with Crippen molar-refractivity contribution in [2.24, 2.45) is 0 Å². The fourth-order valence-corrected chi connectivity index (χ4v) is 1.65. The van der Waals surface area contributed by atoms with Crippen molar-refractivity contribution in [2.75, 3.05) is 39.5 Å². The maximum Gasteiger partial charge on any atom is 0.102 e. The summed E-state index contributed by atoms with van der Waals surface area (Å²) in [6, 6.07) is 0. The third-order valence-electron chi connectivity index (χ3n) is 2.48. The lowest BCUT2D eigenvalue weighted by Gasteiger charge is -2.34. The van der Waals surface area contributed by atoms with Crippen LogP contribution in [-0.4, -0.2) is 56.0 Å². The van der Waals surface area contributed by atoms with Crippen molar-refractivity contribution in [3.8, 4) is 0 Å². The van der Waals surface area contributed by atoms with Crippen molar-refractivity contribution < 1.29 is 9.13 Å². The van der Waals surface area contributed by atoms with Gasteiger partial charge in [0.15, 0.2) is 0 Å². The minimum Gasteiger partial charge on any atom is -0.374 e. The van der Waals surface area contributed by atoms with E-state index in [0.29, 0.717) is 6.54 Å². The topological polar surface area (TPSA) is 24.5 Å². The van der Waals surface area contributed by atoms with Crippen LogP contribution in [0.5, 0.6) is 0 Å². The first-order valence-corrected chi connectivity index (χ1v) is 5.66. The van der Waals surface area contributed by atoms with Gasteiger partial charge in [0.25, 0.3) is 0 Å². The zero-order chi connectivity index (χ0) is 11.3. The fourth-order valence-electron chi connectivity index (χ4n) is 1.65. The van der Waals surface area contributed by atoms with Crippen LogP contribution in [0, 0.1) is 0 Å². The Balaban J connectivity index is 2.24. The third-order valence-corrected chi connectivity index (χ3v) is 2.48. The minimum atomic E-state index is -0.264. The van der Waals surface area contributed by atoms with Crippen LogP contribution in [0.25, 0.3) is 0 Å². The summed E-state index contributed by atoms with van der Waals surface area (Å²) in [5, 5.41) is 3.41. The molecule has 0 amide bonds. The number of halogens is 1. The lowest BCUT2D eigenvalue weighted by Crippen LogP contribution is -2.50. The zero-order valence-corrected chi connectivity index (χ0v) is 10.1. The van der Waals surface area contributed by atoms with Gasteiger partial charge in [0.2, 0.25) is 0 Å². The molecule has 0 radical (unpaired) electrons. The Labute approximate surface area is 92.0 Å². The van der Waals surface area contributed by atoms with Crippen molar-refractivity contribution >= 4 is 0 Å². The maximum atomic E-state index is 12.2. The van der Waals surface area contributed by atoms with Gasteiger partial charge in [-0.05, 0) is 20.8 Å². The summed E-state index contributed by atoms with van der Waals surface area (Å²) in [5.41, 5.74) is 0.117. The SMILES string of the molecule is CC(C)(C)NCC1CN(CCF)CCO1. The van der Waals surface area contributed by atoms with Crippen molar-refractivity contribution in [1.29, 1.82) is 0 Å². The Morgan fingerprint density at radius 3 is 2.80 bits per heavy atom. The monoisotopic (exact) mass is 218 g/mol. The minimum absolute atomic E-state index is 0.117. The molecule has 0 aromatic heterocycles. The number of morpholine rings is 1. The van der Waals surface area contributed by atoms with Crippen molar-refractivity contribution in [1.82, 2.24) is 10.2 Å². The number of nitrogens with one attached hydrogen (secondary N) is 1. The third kappa shape index (κ3) is 5.44. The Morgan fingerprint density at radius 2 is 2.20 bits per heavy atom. The summed E-state index contributed by atoms with van der Waals surface area (Å²) in [4.78, 5) is 2.12. The lowest BCUT2D eigenvalue weighted by atomic mass is 10.1. The molecule has 1 heterocycles. The van der Waals surface area contributed by atoms with Gasteiger partial charge in [0, 0.05) is 31.7 Å². The number of hydrogen-bond donors (Lipinski definition) is 1. The van der Waals surface area contributed by atoms with Crippen LogP contribution in [-0.2, 0) is 4.74 Å². The quantitative estimate of drug-likeness (QED) is 0.763. The largest absolute Gasteiger partial charge is 0.374 e. The predicted octanol–water partition coefficient (Wildman–Crippen LogP) is 1.04. The van der Waals surface area contributed by atoms with E-state index in [9.17, 15) is 4.39 Å². The molecule has 0 aromatic rings. The molecule has 1 N–H and O–H groups in total. The predicted molar refractivity (Wildman–Crippen MR) is 59.9 cm³/mol. The molecule has 0 saturated carbocycles. The number of hydrogen-bond acceptors (Lipinski definition) is 3. The highest BCUT2D eigenvalue weighted by atomic mass is 19.1. The molecule has 1 atom stereocenters. The fraction of sp³-hybridized carbons (Fsp3) is 1.00. The van der Waals surface area contributed by atoms with Crippen LogP contribution in [0.15, 0.2) is 0 Å². The lowest BCUT2D eigenvalue weighted by molar-refractivity contribution is -0.0305. The summed E-state index contributed by atoms with van der Waals surface area (Å²) in [6.07, 6.45) is 0.199. The van der Waals surface area contributed by atoms with Crippen LogP contribution < -0.4 is 5.32 Å². The van der Waals surface area contributed by atoms with E-state index in [-0.39, 0.29) is 18.3 Å². The summed E-state index contributed by atoms with van der Waals surface area (Å²) in [6.45, 7) is 9.93. The van der Waals surface area contributed by atoms with Gasteiger partial charge in [-0.15, -0.1) is 0 Å². The molecular weight excluding hydrogens is 195 g/mol. The standard InChI is InChI=1S/C11H23FN2O/c1-11(2,3)13-8-10-9-14(5-4-12)6-7-15-10/h10,13H,4-9H2,1-3H3. The van der Waals surface area contributed by atoms with Crippen LogP contribution >= 0.6 is 0 Å². The van der Waals surface area contributed by atoms with Gasteiger partial charge in [0.05, 0.1) is 12.7 Å². The average Bonchev–Trinajstić information content (AvgIpc) is 2.15. The first-order valence-electron chi connectivity index (χ1n) is 5.66. The molecule has 1 aliphatic rings. The van der Waals surface area contributed by atoms with Crippen molar-refractivity contribution in [3.63, 3.8) is 0 Å². The van der Waals surface area contributed by atoms with Crippen LogP contribution in [0.4, 0.5) is 4.39 Å². The van der Waals surface area contributed by atoms with Gasteiger partial charge in [-0.1, -0.05) is 0 Å². The van der Waals surface area contributed by atoms with E-state index < -0.39 is 0 Å². The Morgan fingerprint density at radius 1 is 1.47 bits per heavy atom. The molecule has 1 fully saturated rings. The second-order valence-corrected chi connectivity index (χ2v) is 5.11. The molecule has 1 unspecified atom stereocenters.